The molecule has 0 unspecified atom stereocenters. The van der Waals surface area contributed by atoms with E-state index in [-0.39, 0.29) is 4.90 Å². The van der Waals surface area contributed by atoms with Crippen molar-refractivity contribution in [2.75, 3.05) is 0 Å². The van der Waals surface area contributed by atoms with E-state index in [0.717, 1.165) is 5.56 Å². The second-order valence-corrected chi connectivity index (χ2v) is 21.4. The van der Waals surface area contributed by atoms with Crippen LogP contribution in [0.25, 0.3) is 0 Å². The van der Waals surface area contributed by atoms with E-state index in [1.165, 1.54) is 48.4 Å². The molecule has 1 radical (unpaired) electrons. The second-order valence-electron chi connectivity index (χ2n) is 10.3. The average molecular weight is 658 g/mol. The van der Waals surface area contributed by atoms with Crippen LogP contribution in [0.3, 0.4) is 0 Å². The van der Waals surface area contributed by atoms with Crippen molar-refractivity contribution in [3.63, 3.8) is 0 Å². The fourth-order valence-electron chi connectivity index (χ4n) is 4.68. The van der Waals surface area contributed by atoms with Crippen LogP contribution in [0.2, 0.25) is 0 Å². The van der Waals surface area contributed by atoms with Gasteiger partial charge in [-0.1, -0.05) is 17.7 Å². The normalized spacial score (nSPS) is 11.4. The number of benzene rings is 5. The molecule has 40 heavy (non-hydrogen) atoms. The van der Waals surface area contributed by atoms with E-state index in [4.69, 9.17) is 4.55 Å². The van der Waals surface area contributed by atoms with Crippen LogP contribution in [0.15, 0.2) is 126 Å². The Morgan fingerprint density at radius 2 is 0.600 bits per heavy atom. The SMILES string of the molecule is Cc1cc[c]([Sb]([c]2ccc(C)cc2)([c]2ccc(C)cc2)[c]2ccc(C)cc2)cc1.Cc1ccc(S(=O)(=O)O)cc1. The third kappa shape index (κ3) is 6.75. The molecule has 1 N–H and O–H groups in total. The molecule has 0 saturated carbocycles. The first-order valence-electron chi connectivity index (χ1n) is 13.2. The Bertz CT molecular complexity index is 1470. The number of aryl methyl sites for hydroxylation is 5. The molecule has 0 amide bonds. The zero-order valence-corrected chi connectivity index (χ0v) is 27.0. The van der Waals surface area contributed by atoms with E-state index in [2.05, 4.69) is 125 Å². The summed E-state index contributed by atoms with van der Waals surface area (Å²) in [6.45, 7) is 10.5. The summed E-state index contributed by atoms with van der Waals surface area (Å²) >= 11 is -3.29. The fourth-order valence-corrected chi connectivity index (χ4v) is 17.1. The van der Waals surface area contributed by atoms with E-state index >= 15 is 0 Å². The van der Waals surface area contributed by atoms with Crippen LogP contribution in [-0.4, -0.2) is 31.8 Å². The van der Waals surface area contributed by atoms with E-state index in [0.29, 0.717) is 0 Å². The van der Waals surface area contributed by atoms with E-state index in [1.807, 2.05) is 6.92 Å². The zero-order valence-electron chi connectivity index (χ0n) is 23.7. The van der Waals surface area contributed by atoms with Gasteiger partial charge in [0.2, 0.25) is 0 Å². The minimum Gasteiger partial charge on any atom is -0.282 e. The minimum atomic E-state index is -4.02. The molecule has 5 rings (SSSR count). The maximum Gasteiger partial charge on any atom is 0.294 e. The van der Waals surface area contributed by atoms with Gasteiger partial charge in [0, 0.05) is 0 Å². The van der Waals surface area contributed by atoms with Crippen molar-refractivity contribution in [2.24, 2.45) is 0 Å². The Hall–Kier alpha value is -3.17. The average Bonchev–Trinajstić information content (AvgIpc) is 2.93. The smallest absolute Gasteiger partial charge is 0.282 e. The molecular formula is C35H36O3SSb. The van der Waals surface area contributed by atoms with Crippen molar-refractivity contribution in [3.8, 4) is 0 Å². The molecule has 0 aliphatic carbocycles. The number of hydrogen-bond acceptors (Lipinski definition) is 2. The van der Waals surface area contributed by atoms with Gasteiger partial charge >= 0.3 is 180 Å². The van der Waals surface area contributed by atoms with Crippen molar-refractivity contribution < 1.29 is 13.0 Å². The van der Waals surface area contributed by atoms with Crippen LogP contribution < -0.4 is 14.0 Å². The third-order valence-corrected chi connectivity index (χ3v) is 20.1. The van der Waals surface area contributed by atoms with E-state index < -0.39 is 28.9 Å². The van der Waals surface area contributed by atoms with E-state index in [1.54, 1.807) is 12.1 Å². The van der Waals surface area contributed by atoms with Gasteiger partial charge in [-0.3, -0.25) is 4.55 Å². The fraction of sp³-hybridized carbons (Fsp3) is 0.143. The van der Waals surface area contributed by atoms with Gasteiger partial charge in [0.15, 0.2) is 0 Å². The molecule has 0 heterocycles. The first-order chi connectivity index (χ1) is 19.0. The molecule has 0 spiro atoms. The summed E-state index contributed by atoms with van der Waals surface area (Å²) in [5, 5.41) is 0. The first-order valence-corrected chi connectivity index (χ1v) is 19.8. The van der Waals surface area contributed by atoms with Crippen molar-refractivity contribution in [1.29, 1.82) is 0 Å². The van der Waals surface area contributed by atoms with Gasteiger partial charge < -0.3 is 0 Å². The monoisotopic (exact) mass is 657 g/mol. The molecule has 0 aliphatic rings. The summed E-state index contributed by atoms with van der Waals surface area (Å²) < 4.78 is 35.5. The molecule has 5 heteroatoms. The van der Waals surface area contributed by atoms with Crippen LogP contribution in [0.5, 0.6) is 0 Å². The van der Waals surface area contributed by atoms with Gasteiger partial charge in [-0.05, 0) is 19.1 Å². The van der Waals surface area contributed by atoms with E-state index in [9.17, 15) is 8.42 Å². The van der Waals surface area contributed by atoms with Crippen LogP contribution in [-0.2, 0) is 10.1 Å². The Morgan fingerprint density at radius 1 is 0.400 bits per heavy atom. The van der Waals surface area contributed by atoms with Crippen LogP contribution in [0, 0.1) is 34.6 Å². The summed E-state index contributed by atoms with van der Waals surface area (Å²) in [5.74, 6) is 0. The van der Waals surface area contributed by atoms with Crippen LogP contribution in [0.1, 0.15) is 27.8 Å². The van der Waals surface area contributed by atoms with Crippen LogP contribution >= 0.6 is 0 Å². The maximum atomic E-state index is 10.5. The van der Waals surface area contributed by atoms with Gasteiger partial charge in [0.05, 0.1) is 4.90 Å². The predicted molar refractivity (Wildman–Crippen MR) is 170 cm³/mol. The van der Waals surface area contributed by atoms with Crippen molar-refractivity contribution >= 4 is 43.0 Å². The van der Waals surface area contributed by atoms with Gasteiger partial charge in [0.1, 0.15) is 0 Å². The largest absolute Gasteiger partial charge is 0.294 e. The van der Waals surface area contributed by atoms with Gasteiger partial charge in [0.25, 0.3) is 10.1 Å². The number of hydrogen-bond donors (Lipinski definition) is 1. The molecule has 0 atom stereocenters. The molecule has 5 aromatic carbocycles. The Morgan fingerprint density at radius 3 is 0.800 bits per heavy atom. The second kappa shape index (κ2) is 12.6. The minimum absolute atomic E-state index is 0.0666. The molecule has 205 valence electrons. The number of rotatable bonds is 5. The molecule has 0 bridgehead atoms. The molecule has 5 aromatic rings. The Kier molecular flexibility index (Phi) is 9.36. The standard InChI is InChI=1S/C7H8O3S.4C7H7.Sb/c1-6-2-4-7(5-3-6)11(8,9)10;4*1-7-5-3-2-4-6-7;/h2-5H,1H3,(H,8,9,10);4*3-6H,1H3;. The summed E-state index contributed by atoms with van der Waals surface area (Å²) in [6, 6.07) is 43.2. The van der Waals surface area contributed by atoms with Crippen LogP contribution in [0.4, 0.5) is 0 Å². The summed E-state index contributed by atoms with van der Waals surface area (Å²) in [4.78, 5) is -0.0666. The topological polar surface area (TPSA) is 54.4 Å². The molecule has 0 aromatic heterocycles. The molecule has 3 nitrogen and oxygen atoms in total. The van der Waals surface area contributed by atoms with Crippen molar-refractivity contribution in [2.45, 2.75) is 39.5 Å². The summed E-state index contributed by atoms with van der Waals surface area (Å²) in [7, 11) is -4.02. The molecule has 0 saturated heterocycles. The first kappa shape index (κ1) is 29.8. The van der Waals surface area contributed by atoms with Gasteiger partial charge in [-0.25, -0.2) is 0 Å². The summed E-state index contributed by atoms with van der Waals surface area (Å²) in [6.07, 6.45) is 0. The molecular weight excluding hydrogens is 622 g/mol. The maximum absolute atomic E-state index is 10.5. The van der Waals surface area contributed by atoms with Crippen molar-refractivity contribution in [1.82, 2.24) is 0 Å². The zero-order chi connectivity index (χ0) is 28.9. The third-order valence-electron chi connectivity index (χ3n) is 7.00. The molecule has 0 aliphatic heterocycles. The summed E-state index contributed by atoms with van der Waals surface area (Å²) in [5.41, 5.74) is 6.19. The van der Waals surface area contributed by atoms with Gasteiger partial charge in [-0.15, -0.1) is 0 Å². The quantitative estimate of drug-likeness (QED) is 0.200. The van der Waals surface area contributed by atoms with Crippen molar-refractivity contribution in [3.05, 3.63) is 149 Å². The Labute approximate surface area is 243 Å². The Balaban J connectivity index is 0.000000283. The predicted octanol–water partition coefficient (Wildman–Crippen LogP) is 5.54. The van der Waals surface area contributed by atoms with Gasteiger partial charge in [-0.2, -0.15) is 8.42 Å². The molecule has 0 fully saturated rings.